The highest BCUT2D eigenvalue weighted by atomic mass is 32.2. The summed E-state index contributed by atoms with van der Waals surface area (Å²) in [6.07, 6.45) is 1.96. The largest absolute Gasteiger partial charge is 0.375 e. The van der Waals surface area contributed by atoms with Crippen LogP contribution < -0.4 is 5.32 Å². The molecule has 1 aromatic heterocycles. The zero-order chi connectivity index (χ0) is 15.0. The lowest BCUT2D eigenvalue weighted by Gasteiger charge is -2.23. The number of benzene rings is 1. The lowest BCUT2D eigenvalue weighted by molar-refractivity contribution is 0.0277. The van der Waals surface area contributed by atoms with Gasteiger partial charge in [0.15, 0.2) is 9.84 Å². The Hall–Kier alpha value is -1.44. The number of aryl methyl sites for hydroxylation is 1. The highest BCUT2D eigenvalue weighted by Crippen LogP contribution is 2.23. The average molecular weight is 309 g/mol. The van der Waals surface area contributed by atoms with E-state index in [0.717, 1.165) is 24.4 Å². The first-order valence-corrected chi connectivity index (χ1v) is 8.82. The molecule has 1 N–H and O–H groups in total. The van der Waals surface area contributed by atoms with E-state index in [1.165, 1.54) is 6.26 Å². The van der Waals surface area contributed by atoms with E-state index in [4.69, 9.17) is 4.74 Å². The highest BCUT2D eigenvalue weighted by Gasteiger charge is 2.20. The van der Waals surface area contributed by atoms with Crippen molar-refractivity contribution in [2.45, 2.75) is 17.4 Å². The van der Waals surface area contributed by atoms with E-state index in [1.54, 1.807) is 12.1 Å². The van der Waals surface area contributed by atoms with Gasteiger partial charge in [-0.25, -0.2) is 13.4 Å². The van der Waals surface area contributed by atoms with Crippen LogP contribution in [0.2, 0.25) is 0 Å². The van der Waals surface area contributed by atoms with Crippen molar-refractivity contribution in [2.75, 3.05) is 26.0 Å². The molecule has 0 spiro atoms. The van der Waals surface area contributed by atoms with E-state index < -0.39 is 9.84 Å². The number of aromatic nitrogens is 2. The number of ether oxygens (including phenoxy) is 1. The summed E-state index contributed by atoms with van der Waals surface area (Å²) in [5, 5.41) is 3.29. The molecule has 0 bridgehead atoms. The van der Waals surface area contributed by atoms with Crippen LogP contribution in [-0.2, 0) is 28.0 Å². The Balaban J connectivity index is 2.03. The highest BCUT2D eigenvalue weighted by molar-refractivity contribution is 7.91. The Morgan fingerprint density at radius 3 is 2.95 bits per heavy atom. The summed E-state index contributed by atoms with van der Waals surface area (Å²) in [7, 11) is -1.38. The van der Waals surface area contributed by atoms with E-state index in [1.807, 2.05) is 17.7 Å². The number of hydrogen-bond donors (Lipinski definition) is 1. The number of para-hydroxylation sites is 1. The Labute approximate surface area is 124 Å². The SMILES string of the molecule is Cn1c(CC2CNCCO2)nc2c(S(C)(=O)=O)cccc21. The molecule has 1 aliphatic rings. The first kappa shape index (κ1) is 14.5. The normalized spacial score (nSPS) is 20.0. The second-order valence-electron chi connectivity index (χ2n) is 5.38. The van der Waals surface area contributed by atoms with Gasteiger partial charge < -0.3 is 14.6 Å². The zero-order valence-electron chi connectivity index (χ0n) is 12.2. The number of hydrogen-bond acceptors (Lipinski definition) is 5. The molecule has 3 rings (SSSR count). The van der Waals surface area contributed by atoms with Crippen molar-refractivity contribution in [3.05, 3.63) is 24.0 Å². The molecule has 6 nitrogen and oxygen atoms in total. The van der Waals surface area contributed by atoms with Crippen molar-refractivity contribution in [1.82, 2.24) is 14.9 Å². The molecule has 114 valence electrons. The molecule has 0 saturated carbocycles. The summed E-state index contributed by atoms with van der Waals surface area (Å²) in [6, 6.07) is 5.25. The van der Waals surface area contributed by atoms with Crippen LogP contribution in [0.15, 0.2) is 23.1 Å². The van der Waals surface area contributed by atoms with Gasteiger partial charge in [-0.3, -0.25) is 0 Å². The molecule has 1 unspecified atom stereocenters. The van der Waals surface area contributed by atoms with Crippen molar-refractivity contribution in [2.24, 2.45) is 7.05 Å². The van der Waals surface area contributed by atoms with Gasteiger partial charge in [0.05, 0.1) is 23.1 Å². The van der Waals surface area contributed by atoms with Crippen LogP contribution in [0.5, 0.6) is 0 Å². The lowest BCUT2D eigenvalue weighted by atomic mass is 10.2. The van der Waals surface area contributed by atoms with Gasteiger partial charge in [0.2, 0.25) is 0 Å². The summed E-state index contributed by atoms with van der Waals surface area (Å²) in [4.78, 5) is 4.83. The summed E-state index contributed by atoms with van der Waals surface area (Å²) >= 11 is 0. The molecular formula is C14H19N3O3S. The molecule has 0 aliphatic carbocycles. The fourth-order valence-corrected chi connectivity index (χ4v) is 3.50. The molecule has 1 atom stereocenters. The number of fused-ring (bicyclic) bond motifs is 1. The van der Waals surface area contributed by atoms with Gasteiger partial charge in [0, 0.05) is 32.8 Å². The quantitative estimate of drug-likeness (QED) is 0.894. The molecule has 0 amide bonds. The van der Waals surface area contributed by atoms with Crippen molar-refractivity contribution >= 4 is 20.9 Å². The first-order chi connectivity index (χ1) is 9.97. The van der Waals surface area contributed by atoms with Gasteiger partial charge in [-0.2, -0.15) is 0 Å². The van der Waals surface area contributed by atoms with Crippen molar-refractivity contribution in [3.63, 3.8) is 0 Å². The molecule has 1 saturated heterocycles. The molecular weight excluding hydrogens is 290 g/mol. The second kappa shape index (κ2) is 5.40. The molecule has 2 aromatic rings. The Morgan fingerprint density at radius 1 is 1.48 bits per heavy atom. The fraction of sp³-hybridized carbons (Fsp3) is 0.500. The van der Waals surface area contributed by atoms with Crippen LogP contribution in [0.4, 0.5) is 0 Å². The number of imidazole rings is 1. The van der Waals surface area contributed by atoms with Gasteiger partial charge in [-0.1, -0.05) is 6.07 Å². The third kappa shape index (κ3) is 2.81. The average Bonchev–Trinajstić information content (AvgIpc) is 2.76. The first-order valence-electron chi connectivity index (χ1n) is 6.93. The van der Waals surface area contributed by atoms with Crippen LogP contribution in [0.25, 0.3) is 11.0 Å². The van der Waals surface area contributed by atoms with Crippen LogP contribution in [0.1, 0.15) is 5.82 Å². The summed E-state index contributed by atoms with van der Waals surface area (Å²) in [6.45, 7) is 2.36. The maximum Gasteiger partial charge on any atom is 0.177 e. The van der Waals surface area contributed by atoms with Gasteiger partial charge in [0.1, 0.15) is 11.3 Å². The minimum Gasteiger partial charge on any atom is -0.375 e. The maximum absolute atomic E-state index is 11.9. The fourth-order valence-electron chi connectivity index (χ4n) is 2.67. The molecule has 7 heteroatoms. The van der Waals surface area contributed by atoms with Gasteiger partial charge in [-0.05, 0) is 12.1 Å². The summed E-state index contributed by atoms with van der Waals surface area (Å²) < 4.78 is 31.4. The zero-order valence-corrected chi connectivity index (χ0v) is 13.0. The minimum atomic E-state index is -3.29. The van der Waals surface area contributed by atoms with E-state index in [-0.39, 0.29) is 11.0 Å². The standard InChI is InChI=1S/C14H19N3O3S/c1-17-11-4-3-5-12(21(2,18)19)14(11)16-13(17)8-10-9-15-6-7-20-10/h3-5,10,15H,6-9H2,1-2H3. The number of morpholine rings is 1. The second-order valence-corrected chi connectivity index (χ2v) is 7.37. The molecule has 0 radical (unpaired) electrons. The lowest BCUT2D eigenvalue weighted by Crippen LogP contribution is -2.40. The number of rotatable bonds is 3. The van der Waals surface area contributed by atoms with E-state index >= 15 is 0 Å². The predicted molar refractivity (Wildman–Crippen MR) is 80.1 cm³/mol. The van der Waals surface area contributed by atoms with E-state index in [2.05, 4.69) is 10.3 Å². The number of sulfone groups is 1. The molecule has 1 aliphatic heterocycles. The van der Waals surface area contributed by atoms with Crippen LogP contribution >= 0.6 is 0 Å². The minimum absolute atomic E-state index is 0.0796. The number of nitrogens with zero attached hydrogens (tertiary/aromatic N) is 2. The van der Waals surface area contributed by atoms with Gasteiger partial charge in [0.25, 0.3) is 0 Å². The molecule has 21 heavy (non-hydrogen) atoms. The van der Waals surface area contributed by atoms with Crippen LogP contribution in [0.3, 0.4) is 0 Å². The Morgan fingerprint density at radius 2 is 2.29 bits per heavy atom. The summed E-state index contributed by atoms with van der Waals surface area (Å²) in [5.74, 6) is 0.842. The summed E-state index contributed by atoms with van der Waals surface area (Å²) in [5.41, 5.74) is 1.37. The third-order valence-electron chi connectivity index (χ3n) is 3.78. The van der Waals surface area contributed by atoms with Gasteiger partial charge >= 0.3 is 0 Å². The monoisotopic (exact) mass is 309 g/mol. The third-order valence-corrected chi connectivity index (χ3v) is 4.91. The Kier molecular flexibility index (Phi) is 3.73. The smallest absolute Gasteiger partial charge is 0.177 e. The van der Waals surface area contributed by atoms with Crippen molar-refractivity contribution in [1.29, 1.82) is 0 Å². The van der Waals surface area contributed by atoms with E-state index in [0.29, 0.717) is 18.5 Å². The van der Waals surface area contributed by atoms with Crippen molar-refractivity contribution in [3.8, 4) is 0 Å². The predicted octanol–water partition coefficient (Wildman–Crippen LogP) is 0.508. The van der Waals surface area contributed by atoms with Crippen molar-refractivity contribution < 1.29 is 13.2 Å². The molecule has 1 fully saturated rings. The topological polar surface area (TPSA) is 73.2 Å². The number of nitrogens with one attached hydrogen (secondary N) is 1. The molecule has 2 heterocycles. The van der Waals surface area contributed by atoms with Crippen LogP contribution in [0, 0.1) is 0 Å². The maximum atomic E-state index is 11.9. The van der Waals surface area contributed by atoms with Crippen LogP contribution in [-0.4, -0.2) is 50.0 Å². The molecule has 1 aromatic carbocycles. The van der Waals surface area contributed by atoms with Gasteiger partial charge in [-0.15, -0.1) is 0 Å². The Bertz CT molecular complexity index is 761. The van der Waals surface area contributed by atoms with E-state index in [9.17, 15) is 8.42 Å².